The highest BCUT2D eigenvalue weighted by Crippen LogP contribution is 2.32. The van der Waals surface area contributed by atoms with Crippen LogP contribution in [0.5, 0.6) is 0 Å². The molecule has 12 heteroatoms. The number of nitrogens with zero attached hydrogens (tertiary/aromatic N) is 6. The fraction of sp³-hybridized carbons (Fsp3) is 0.368. The first-order valence-electron chi connectivity index (χ1n) is 9.58. The summed E-state index contributed by atoms with van der Waals surface area (Å²) in [4.78, 5) is 14.7. The van der Waals surface area contributed by atoms with Gasteiger partial charge in [0.1, 0.15) is 23.8 Å². The Morgan fingerprint density at radius 3 is 2.61 bits per heavy atom. The molecule has 0 spiro atoms. The fourth-order valence-corrected chi connectivity index (χ4v) is 3.31. The van der Waals surface area contributed by atoms with Crippen LogP contribution in [0, 0.1) is 0 Å². The number of nitrogens with one attached hydrogen (secondary N) is 1. The molecule has 31 heavy (non-hydrogen) atoms. The van der Waals surface area contributed by atoms with E-state index in [1.807, 2.05) is 43.3 Å². The highest BCUT2D eigenvalue weighted by Gasteiger charge is 2.44. The molecule has 1 fully saturated rings. The van der Waals surface area contributed by atoms with E-state index in [2.05, 4.69) is 25.5 Å². The van der Waals surface area contributed by atoms with E-state index in [-0.39, 0.29) is 17.4 Å². The van der Waals surface area contributed by atoms with Gasteiger partial charge < -0.3 is 30.7 Å². The van der Waals surface area contributed by atoms with Crippen LogP contribution >= 0.6 is 0 Å². The van der Waals surface area contributed by atoms with E-state index >= 15 is 0 Å². The molecule has 3 heterocycles. The van der Waals surface area contributed by atoms with Crippen molar-refractivity contribution in [1.82, 2.24) is 19.5 Å². The van der Waals surface area contributed by atoms with Crippen molar-refractivity contribution in [1.29, 1.82) is 0 Å². The number of ether oxygens (including phenoxy) is 1. The Labute approximate surface area is 177 Å². The summed E-state index contributed by atoms with van der Waals surface area (Å²) < 4.78 is 6.99. The second-order valence-corrected chi connectivity index (χ2v) is 7.34. The van der Waals surface area contributed by atoms with E-state index < -0.39 is 31.1 Å². The lowest BCUT2D eigenvalue weighted by atomic mass is 10.1. The molecule has 0 radical (unpaired) electrons. The standard InChI is InChI=1S/C19H24N8O4/c1-26(2)11-5-3-10(4-6-11)7-22-25-19-23-16(20)13-17(24-19)27(9-21-13)18-15(30)14(29)12(8-28)31-18/h3-7,9,12,14-15,18,28-30H,8H2,1-2H3,(H3,20,23,24,25)/b22-7+/t12-,14-,15-,18-/m1/s1. The van der Waals surface area contributed by atoms with Crippen molar-refractivity contribution in [2.24, 2.45) is 5.10 Å². The van der Waals surface area contributed by atoms with Crippen LogP contribution in [-0.4, -0.2) is 80.1 Å². The van der Waals surface area contributed by atoms with Crippen LogP contribution in [-0.2, 0) is 4.74 Å². The lowest BCUT2D eigenvalue weighted by Gasteiger charge is -2.16. The maximum atomic E-state index is 10.3. The van der Waals surface area contributed by atoms with Gasteiger partial charge in [-0.25, -0.2) is 10.4 Å². The average Bonchev–Trinajstić information content (AvgIpc) is 3.30. The van der Waals surface area contributed by atoms with E-state index in [0.29, 0.717) is 5.52 Å². The molecule has 6 N–H and O–H groups in total. The van der Waals surface area contributed by atoms with E-state index in [0.717, 1.165) is 11.3 Å². The van der Waals surface area contributed by atoms with Gasteiger partial charge in [-0.1, -0.05) is 12.1 Å². The minimum absolute atomic E-state index is 0.114. The number of hydrogen-bond acceptors (Lipinski definition) is 11. The number of rotatable bonds is 6. The first kappa shape index (κ1) is 20.9. The summed E-state index contributed by atoms with van der Waals surface area (Å²) in [7, 11) is 3.93. The Bertz CT molecular complexity index is 1080. The summed E-state index contributed by atoms with van der Waals surface area (Å²) in [5, 5.41) is 33.8. The maximum absolute atomic E-state index is 10.3. The van der Waals surface area contributed by atoms with Crippen molar-refractivity contribution in [2.75, 3.05) is 36.8 Å². The predicted molar refractivity (Wildman–Crippen MR) is 115 cm³/mol. The summed E-state index contributed by atoms with van der Waals surface area (Å²) in [6, 6.07) is 7.80. The lowest BCUT2D eigenvalue weighted by Crippen LogP contribution is -2.33. The Hall–Kier alpha value is -3.32. The van der Waals surface area contributed by atoms with Crippen molar-refractivity contribution in [3.8, 4) is 0 Å². The van der Waals surface area contributed by atoms with Crippen molar-refractivity contribution in [2.45, 2.75) is 24.5 Å². The number of aliphatic hydroxyl groups is 3. The Kier molecular flexibility index (Phi) is 5.69. The molecule has 2 aromatic heterocycles. The van der Waals surface area contributed by atoms with Gasteiger partial charge in [0.15, 0.2) is 17.7 Å². The Morgan fingerprint density at radius 1 is 1.23 bits per heavy atom. The van der Waals surface area contributed by atoms with E-state index in [9.17, 15) is 15.3 Å². The van der Waals surface area contributed by atoms with Gasteiger partial charge in [0.05, 0.1) is 19.1 Å². The molecule has 0 saturated carbocycles. The minimum Gasteiger partial charge on any atom is -0.394 e. The molecule has 0 aliphatic carbocycles. The summed E-state index contributed by atoms with van der Waals surface area (Å²) in [6.45, 7) is -0.435. The van der Waals surface area contributed by atoms with Crippen LogP contribution in [0.15, 0.2) is 35.7 Å². The number of benzene rings is 1. The second kappa shape index (κ2) is 8.43. The van der Waals surface area contributed by atoms with Crippen LogP contribution in [0.1, 0.15) is 11.8 Å². The quantitative estimate of drug-likeness (QED) is 0.256. The molecule has 0 amide bonds. The van der Waals surface area contributed by atoms with Crippen LogP contribution in [0.2, 0.25) is 0 Å². The van der Waals surface area contributed by atoms with Gasteiger partial charge in [0, 0.05) is 19.8 Å². The highest BCUT2D eigenvalue weighted by atomic mass is 16.6. The number of aliphatic hydroxyl groups excluding tert-OH is 3. The van der Waals surface area contributed by atoms with Gasteiger partial charge in [-0.3, -0.25) is 4.57 Å². The van der Waals surface area contributed by atoms with Gasteiger partial charge in [-0.2, -0.15) is 15.1 Å². The second-order valence-electron chi connectivity index (χ2n) is 7.34. The number of nitrogen functional groups attached to an aromatic ring is 1. The molecule has 0 bridgehead atoms. The van der Waals surface area contributed by atoms with Crippen LogP contribution < -0.4 is 16.1 Å². The number of fused-ring (bicyclic) bond motifs is 1. The van der Waals surface area contributed by atoms with Crippen molar-refractivity contribution in [3.63, 3.8) is 0 Å². The Balaban J connectivity index is 1.56. The molecule has 1 aliphatic rings. The van der Waals surface area contributed by atoms with Crippen molar-refractivity contribution >= 4 is 34.8 Å². The molecule has 12 nitrogen and oxygen atoms in total. The molecule has 1 aromatic carbocycles. The van der Waals surface area contributed by atoms with E-state index in [1.165, 1.54) is 10.9 Å². The zero-order valence-electron chi connectivity index (χ0n) is 17.0. The third kappa shape index (κ3) is 4.01. The third-order valence-electron chi connectivity index (χ3n) is 5.03. The number of aromatic nitrogens is 4. The number of anilines is 3. The zero-order chi connectivity index (χ0) is 22.1. The van der Waals surface area contributed by atoms with Gasteiger partial charge in [0.25, 0.3) is 0 Å². The number of hydrogen-bond donors (Lipinski definition) is 5. The third-order valence-corrected chi connectivity index (χ3v) is 5.03. The van der Waals surface area contributed by atoms with Gasteiger partial charge >= 0.3 is 0 Å². The molecule has 1 saturated heterocycles. The SMILES string of the molecule is CN(C)c1ccc(/C=N/Nc2nc(N)c3ncn([C@@H]4O[C@H](CO)[C@@H](O)[C@H]4O)c3n2)cc1. The average molecular weight is 428 g/mol. The molecule has 1 aliphatic heterocycles. The van der Waals surface area contributed by atoms with Gasteiger partial charge in [-0.05, 0) is 17.7 Å². The molecule has 164 valence electrons. The van der Waals surface area contributed by atoms with Crippen LogP contribution in [0.25, 0.3) is 11.2 Å². The monoisotopic (exact) mass is 428 g/mol. The summed E-state index contributed by atoms with van der Waals surface area (Å²) in [5.41, 5.74) is 11.3. The summed E-state index contributed by atoms with van der Waals surface area (Å²) in [6.07, 6.45) is -1.42. The number of nitrogens with two attached hydrogens (primary N) is 1. The number of hydrazone groups is 1. The van der Waals surface area contributed by atoms with E-state index in [4.69, 9.17) is 10.5 Å². The molecule has 3 aromatic rings. The summed E-state index contributed by atoms with van der Waals surface area (Å²) >= 11 is 0. The molecular formula is C19H24N8O4. The van der Waals surface area contributed by atoms with E-state index in [1.54, 1.807) is 6.21 Å². The largest absolute Gasteiger partial charge is 0.394 e. The van der Waals surface area contributed by atoms with Gasteiger partial charge in [-0.15, -0.1) is 0 Å². The topological polar surface area (TPSA) is 167 Å². The Morgan fingerprint density at radius 2 is 1.97 bits per heavy atom. The zero-order valence-corrected chi connectivity index (χ0v) is 17.0. The smallest absolute Gasteiger partial charge is 0.247 e. The van der Waals surface area contributed by atoms with Gasteiger partial charge in [0.2, 0.25) is 5.95 Å². The van der Waals surface area contributed by atoms with Crippen LogP contribution in [0.4, 0.5) is 17.5 Å². The highest BCUT2D eigenvalue weighted by molar-refractivity contribution is 5.83. The predicted octanol–water partition coefficient (Wildman–Crippen LogP) is -0.468. The van der Waals surface area contributed by atoms with Crippen molar-refractivity contribution in [3.05, 3.63) is 36.2 Å². The molecule has 0 unspecified atom stereocenters. The summed E-state index contributed by atoms with van der Waals surface area (Å²) in [5.74, 6) is 0.239. The first-order valence-corrected chi connectivity index (χ1v) is 9.58. The van der Waals surface area contributed by atoms with Crippen molar-refractivity contribution < 1.29 is 20.1 Å². The first-order chi connectivity index (χ1) is 14.9. The molecular weight excluding hydrogens is 404 g/mol. The molecule has 4 atom stereocenters. The number of imidazole rings is 1. The maximum Gasteiger partial charge on any atom is 0.247 e. The normalized spacial score (nSPS) is 23.6. The van der Waals surface area contributed by atoms with Crippen LogP contribution in [0.3, 0.4) is 0 Å². The fourth-order valence-electron chi connectivity index (χ4n) is 3.31. The molecule has 4 rings (SSSR count). The minimum atomic E-state index is -1.27. The lowest BCUT2D eigenvalue weighted by molar-refractivity contribution is -0.0511.